The molecule has 2 heterocycles. The van der Waals surface area contributed by atoms with Crippen molar-refractivity contribution >= 4 is 17.5 Å². The minimum Gasteiger partial charge on any atom is -0.491 e. The molecule has 0 fully saturated rings. The van der Waals surface area contributed by atoms with Crippen molar-refractivity contribution in [2.75, 3.05) is 10.4 Å². The molecule has 0 spiro atoms. The third-order valence-corrected chi connectivity index (χ3v) is 3.73. The molecular weight excluding hydrogens is 363 g/mol. The van der Waals surface area contributed by atoms with E-state index in [4.69, 9.17) is 4.74 Å². The van der Waals surface area contributed by atoms with Crippen LogP contribution in [-0.4, -0.2) is 23.2 Å². The monoisotopic (exact) mass is 381 g/mol. The normalized spacial score (nSPS) is 16.1. The van der Waals surface area contributed by atoms with Gasteiger partial charge in [0.2, 0.25) is 0 Å². The number of alkyl halides is 3. The number of carbonyl (C=O) groups is 1. The van der Waals surface area contributed by atoms with Crippen LogP contribution in [0.3, 0.4) is 0 Å². The number of nitrogens with zero attached hydrogens (tertiary/aromatic N) is 2. The number of nitrogens with one attached hydrogen (secondary N) is 1. The number of ether oxygens (including phenoxy) is 1. The molecule has 1 aromatic carbocycles. The van der Waals surface area contributed by atoms with Gasteiger partial charge in [-0.15, -0.1) is 0 Å². The standard InChI is InChI=1S/C18H18F3N3O3/c1-10(2)26-13-6-4-12(5-7-13)16-23-15-14(8-11(3)9-22-15)24(16)27-17(25)18(19,20)21/h4-10,16H,1-3H3,(H,22,23). The number of aryl methyl sites for hydroxylation is 1. The smallest absolute Gasteiger partial charge is 0.491 e. The molecule has 1 aliphatic heterocycles. The summed E-state index contributed by atoms with van der Waals surface area (Å²) in [5.41, 5.74) is 1.54. The van der Waals surface area contributed by atoms with Gasteiger partial charge in [0.15, 0.2) is 12.0 Å². The number of carbonyl (C=O) groups excluding carboxylic acids is 1. The topological polar surface area (TPSA) is 63.7 Å². The number of pyridine rings is 1. The minimum atomic E-state index is -5.11. The fourth-order valence-corrected chi connectivity index (χ4v) is 2.62. The van der Waals surface area contributed by atoms with Gasteiger partial charge in [-0.2, -0.15) is 18.2 Å². The number of halogens is 3. The number of rotatable bonds is 4. The summed E-state index contributed by atoms with van der Waals surface area (Å²) in [7, 11) is 0. The fourth-order valence-electron chi connectivity index (χ4n) is 2.62. The van der Waals surface area contributed by atoms with Gasteiger partial charge in [0.25, 0.3) is 0 Å². The van der Waals surface area contributed by atoms with Crippen molar-refractivity contribution in [1.29, 1.82) is 0 Å². The maximum atomic E-state index is 12.7. The summed E-state index contributed by atoms with van der Waals surface area (Å²) < 4.78 is 43.7. The molecule has 1 N–H and O–H groups in total. The lowest BCUT2D eigenvalue weighted by Crippen LogP contribution is -2.36. The Morgan fingerprint density at radius 1 is 1.26 bits per heavy atom. The summed E-state index contributed by atoms with van der Waals surface area (Å²) in [6.45, 7) is 5.51. The Hall–Kier alpha value is -2.97. The van der Waals surface area contributed by atoms with E-state index in [1.165, 1.54) is 0 Å². The van der Waals surface area contributed by atoms with Crippen LogP contribution < -0.4 is 15.1 Å². The van der Waals surface area contributed by atoms with E-state index in [2.05, 4.69) is 15.1 Å². The molecule has 144 valence electrons. The van der Waals surface area contributed by atoms with E-state index in [0.29, 0.717) is 22.7 Å². The van der Waals surface area contributed by atoms with Gasteiger partial charge in [0, 0.05) is 6.20 Å². The summed E-state index contributed by atoms with van der Waals surface area (Å²) in [6, 6.07) is 8.35. The van der Waals surface area contributed by atoms with E-state index in [9.17, 15) is 18.0 Å². The molecule has 1 atom stereocenters. The molecule has 0 aliphatic carbocycles. The number of aromatic nitrogens is 1. The Balaban J connectivity index is 1.92. The summed E-state index contributed by atoms with van der Waals surface area (Å²) in [6.07, 6.45) is -4.41. The first-order chi connectivity index (χ1) is 12.6. The molecule has 3 rings (SSSR count). The predicted molar refractivity (Wildman–Crippen MR) is 92.2 cm³/mol. The molecule has 9 heteroatoms. The summed E-state index contributed by atoms with van der Waals surface area (Å²) in [5, 5.41) is 3.87. The molecule has 0 saturated carbocycles. The van der Waals surface area contributed by atoms with E-state index in [0.717, 1.165) is 5.06 Å². The van der Waals surface area contributed by atoms with Crippen LogP contribution in [0.4, 0.5) is 24.7 Å². The molecule has 1 aromatic heterocycles. The first kappa shape index (κ1) is 18.8. The van der Waals surface area contributed by atoms with Crippen LogP contribution in [0, 0.1) is 6.92 Å². The molecule has 0 amide bonds. The number of anilines is 2. The second-order valence-electron chi connectivity index (χ2n) is 6.37. The average molecular weight is 381 g/mol. The highest BCUT2D eigenvalue weighted by atomic mass is 19.4. The highest BCUT2D eigenvalue weighted by Crippen LogP contribution is 2.41. The first-order valence-corrected chi connectivity index (χ1v) is 8.23. The van der Waals surface area contributed by atoms with Crippen LogP contribution in [0.5, 0.6) is 5.75 Å². The van der Waals surface area contributed by atoms with Crippen LogP contribution in [0.15, 0.2) is 36.5 Å². The lowest BCUT2D eigenvalue weighted by Gasteiger charge is -2.25. The van der Waals surface area contributed by atoms with Crippen molar-refractivity contribution in [2.45, 2.75) is 39.2 Å². The Morgan fingerprint density at radius 3 is 2.52 bits per heavy atom. The zero-order chi connectivity index (χ0) is 19.8. The highest BCUT2D eigenvalue weighted by Gasteiger charge is 2.45. The number of hydroxylamine groups is 1. The van der Waals surface area contributed by atoms with Gasteiger partial charge in [0.1, 0.15) is 11.4 Å². The van der Waals surface area contributed by atoms with Crippen molar-refractivity contribution in [2.24, 2.45) is 0 Å². The van der Waals surface area contributed by atoms with Crippen LogP contribution in [0.25, 0.3) is 0 Å². The van der Waals surface area contributed by atoms with Gasteiger partial charge in [-0.3, -0.25) is 0 Å². The van der Waals surface area contributed by atoms with E-state index in [1.54, 1.807) is 43.5 Å². The molecule has 6 nitrogen and oxygen atoms in total. The van der Waals surface area contributed by atoms with E-state index in [1.807, 2.05) is 13.8 Å². The quantitative estimate of drug-likeness (QED) is 0.859. The maximum absolute atomic E-state index is 12.7. The zero-order valence-electron chi connectivity index (χ0n) is 14.9. The van der Waals surface area contributed by atoms with Crippen molar-refractivity contribution in [1.82, 2.24) is 4.98 Å². The SMILES string of the molecule is Cc1cnc2c(c1)N(OC(=O)C(F)(F)F)C(c1ccc(OC(C)C)cc1)N2. The number of fused-ring (bicyclic) bond motifs is 1. The molecule has 1 aliphatic rings. The predicted octanol–water partition coefficient (Wildman–Crippen LogP) is 4.13. The largest absolute Gasteiger partial charge is 0.493 e. The molecule has 0 bridgehead atoms. The fraction of sp³-hybridized carbons (Fsp3) is 0.333. The second-order valence-corrected chi connectivity index (χ2v) is 6.37. The van der Waals surface area contributed by atoms with E-state index in [-0.39, 0.29) is 11.8 Å². The van der Waals surface area contributed by atoms with Crippen molar-refractivity contribution in [3.05, 3.63) is 47.7 Å². The Morgan fingerprint density at radius 2 is 1.93 bits per heavy atom. The summed E-state index contributed by atoms with van der Waals surface area (Å²) >= 11 is 0. The highest BCUT2D eigenvalue weighted by molar-refractivity contribution is 5.80. The summed E-state index contributed by atoms with van der Waals surface area (Å²) in [4.78, 5) is 20.2. The third kappa shape index (κ3) is 4.07. The summed E-state index contributed by atoms with van der Waals surface area (Å²) in [5.74, 6) is -1.36. The molecule has 1 unspecified atom stereocenters. The van der Waals surface area contributed by atoms with Gasteiger partial charge in [-0.1, -0.05) is 12.1 Å². The van der Waals surface area contributed by atoms with Crippen molar-refractivity contribution in [3.8, 4) is 5.75 Å². The molecule has 0 saturated heterocycles. The molecule has 27 heavy (non-hydrogen) atoms. The first-order valence-electron chi connectivity index (χ1n) is 8.23. The van der Waals surface area contributed by atoms with Gasteiger partial charge in [-0.25, -0.2) is 9.78 Å². The number of hydrogen-bond acceptors (Lipinski definition) is 6. The molecule has 2 aromatic rings. The Labute approximate surface area is 153 Å². The lowest BCUT2D eigenvalue weighted by atomic mass is 10.1. The van der Waals surface area contributed by atoms with Gasteiger partial charge in [0.05, 0.1) is 6.10 Å². The Bertz CT molecular complexity index is 838. The zero-order valence-corrected chi connectivity index (χ0v) is 14.9. The average Bonchev–Trinajstić information content (AvgIpc) is 2.92. The minimum absolute atomic E-state index is 0.0128. The third-order valence-electron chi connectivity index (χ3n) is 3.73. The lowest BCUT2D eigenvalue weighted by molar-refractivity contribution is -0.201. The van der Waals surface area contributed by atoms with Crippen LogP contribution in [0.2, 0.25) is 0 Å². The van der Waals surface area contributed by atoms with Crippen molar-refractivity contribution < 1.29 is 27.5 Å². The van der Waals surface area contributed by atoms with E-state index < -0.39 is 18.3 Å². The number of benzene rings is 1. The maximum Gasteiger partial charge on any atom is 0.493 e. The van der Waals surface area contributed by atoms with E-state index >= 15 is 0 Å². The Kier molecular flexibility index (Phi) is 4.86. The van der Waals surface area contributed by atoms with Gasteiger partial charge >= 0.3 is 12.1 Å². The molecule has 0 radical (unpaired) electrons. The second kappa shape index (κ2) is 6.98. The van der Waals surface area contributed by atoms with Gasteiger partial charge in [-0.05, 0) is 50.1 Å². The van der Waals surface area contributed by atoms with Crippen LogP contribution in [0.1, 0.15) is 31.1 Å². The molecular formula is C18H18F3N3O3. The number of hydrogen-bond donors (Lipinski definition) is 1. The van der Waals surface area contributed by atoms with Crippen LogP contribution >= 0.6 is 0 Å². The van der Waals surface area contributed by atoms with Crippen LogP contribution in [-0.2, 0) is 9.63 Å². The van der Waals surface area contributed by atoms with Gasteiger partial charge < -0.3 is 14.9 Å². The van der Waals surface area contributed by atoms with Crippen molar-refractivity contribution in [3.63, 3.8) is 0 Å².